The highest BCUT2D eigenvalue weighted by atomic mass is 14.6. The van der Waals surface area contributed by atoms with Gasteiger partial charge in [0.2, 0.25) is 0 Å². The van der Waals surface area contributed by atoms with E-state index in [1.54, 1.807) is 6.42 Å². The van der Waals surface area contributed by atoms with Crippen LogP contribution in [0, 0.1) is 66.1 Å². The summed E-state index contributed by atoms with van der Waals surface area (Å²) in [6.45, 7) is 19.3. The van der Waals surface area contributed by atoms with Crippen molar-refractivity contribution in [2.75, 3.05) is 0 Å². The zero-order valence-electron chi connectivity index (χ0n) is 25.1. The number of rotatable bonds is 7. The van der Waals surface area contributed by atoms with Gasteiger partial charge >= 0.3 is 0 Å². The molecule has 37 heavy (non-hydrogen) atoms. The molecule has 0 saturated heterocycles. The normalized spacial score (nSPS) is 40.2. The van der Waals surface area contributed by atoms with Crippen molar-refractivity contribution in [2.24, 2.45) is 52.3 Å². The van der Waals surface area contributed by atoms with E-state index >= 15 is 0 Å². The largest absolute Gasteiger partial charge is 0.0955 e. The third-order valence-electron chi connectivity index (χ3n) is 13.1. The Hall–Kier alpha value is -1.30. The van der Waals surface area contributed by atoms with Gasteiger partial charge in [0, 0.05) is 0 Å². The Morgan fingerprint density at radius 1 is 1.00 bits per heavy atom. The van der Waals surface area contributed by atoms with Crippen LogP contribution >= 0.6 is 0 Å². The highest BCUT2D eigenvalue weighted by Crippen LogP contribution is 2.66. The molecule has 4 fully saturated rings. The number of aryl methyl sites for hydroxylation is 1. The summed E-state index contributed by atoms with van der Waals surface area (Å²) in [5.41, 5.74) is 6.66. The molecule has 0 amide bonds. The number of hydrogen-bond donors (Lipinski definition) is 0. The predicted molar refractivity (Wildman–Crippen MR) is 161 cm³/mol. The minimum absolute atomic E-state index is 0.467. The fourth-order valence-corrected chi connectivity index (χ4v) is 10.7. The Morgan fingerprint density at radius 3 is 2.54 bits per heavy atom. The van der Waals surface area contributed by atoms with E-state index in [1.165, 1.54) is 92.9 Å². The smallest absolute Gasteiger partial charge is 0.0111 e. The van der Waals surface area contributed by atoms with Crippen LogP contribution < -0.4 is 0 Å². The van der Waals surface area contributed by atoms with Crippen molar-refractivity contribution < 1.29 is 0 Å². The van der Waals surface area contributed by atoms with Crippen LogP contribution in [0.1, 0.15) is 121 Å². The average molecular weight is 501 g/mol. The van der Waals surface area contributed by atoms with Crippen LogP contribution in [0.2, 0.25) is 0 Å². The van der Waals surface area contributed by atoms with Crippen molar-refractivity contribution in [3.63, 3.8) is 0 Å². The predicted octanol–water partition coefficient (Wildman–Crippen LogP) is 11.0. The minimum atomic E-state index is 0.467. The van der Waals surface area contributed by atoms with Crippen LogP contribution in [0.3, 0.4) is 0 Å². The second kappa shape index (κ2) is 10.7. The van der Waals surface area contributed by atoms with E-state index in [1.807, 2.05) is 0 Å². The highest BCUT2D eigenvalue weighted by Gasteiger charge is 2.58. The molecule has 0 heteroatoms. The topological polar surface area (TPSA) is 0 Å². The van der Waals surface area contributed by atoms with Gasteiger partial charge in [0.1, 0.15) is 0 Å². The molecule has 0 bridgehead atoms. The highest BCUT2D eigenvalue weighted by molar-refractivity contribution is 5.58. The van der Waals surface area contributed by atoms with Crippen LogP contribution in [0.15, 0.2) is 36.4 Å². The van der Waals surface area contributed by atoms with Crippen LogP contribution in [0.25, 0.3) is 6.08 Å². The summed E-state index contributed by atoms with van der Waals surface area (Å²) in [5.74, 6) is 6.57. The molecule has 0 aliphatic heterocycles. The summed E-state index contributed by atoms with van der Waals surface area (Å²) in [6, 6.07) is 6.67. The van der Waals surface area contributed by atoms with Crippen LogP contribution in [0.5, 0.6) is 0 Å². The fraction of sp³-hybridized carbons (Fsp3) is 0.730. The molecule has 0 unspecified atom stereocenters. The van der Waals surface area contributed by atoms with Crippen molar-refractivity contribution in [3.8, 4) is 0 Å². The lowest BCUT2D eigenvalue weighted by Crippen LogP contribution is -2.50. The summed E-state index contributed by atoms with van der Waals surface area (Å²) in [7, 11) is 0. The van der Waals surface area contributed by atoms with E-state index in [4.69, 9.17) is 0 Å². The Labute approximate surface area is 229 Å². The van der Waals surface area contributed by atoms with Crippen LogP contribution in [-0.4, -0.2) is 0 Å². The molecule has 1 aromatic rings. The van der Waals surface area contributed by atoms with Gasteiger partial charge in [0.05, 0.1) is 0 Å². The first kappa shape index (κ1) is 27.3. The Morgan fingerprint density at radius 2 is 1.78 bits per heavy atom. The summed E-state index contributed by atoms with van der Waals surface area (Å²) in [5, 5.41) is 0. The molecular weight excluding hydrogens is 444 g/mol. The third kappa shape index (κ3) is 4.72. The first-order chi connectivity index (χ1) is 17.7. The molecule has 0 heterocycles. The van der Waals surface area contributed by atoms with Crippen molar-refractivity contribution in [1.82, 2.24) is 0 Å². The van der Waals surface area contributed by atoms with Crippen molar-refractivity contribution in [1.29, 1.82) is 0 Å². The van der Waals surface area contributed by atoms with Gasteiger partial charge in [-0.05, 0) is 147 Å². The monoisotopic (exact) mass is 500 g/mol. The van der Waals surface area contributed by atoms with Crippen molar-refractivity contribution in [3.05, 3.63) is 53.1 Å². The van der Waals surface area contributed by atoms with Gasteiger partial charge in [-0.25, -0.2) is 0 Å². The number of fused-ring (bicyclic) bond motifs is 5. The van der Waals surface area contributed by atoms with E-state index in [2.05, 4.69) is 78.5 Å². The first-order valence-corrected chi connectivity index (χ1v) is 16.2. The zero-order chi connectivity index (χ0) is 26.4. The molecule has 0 radical (unpaired) electrons. The lowest BCUT2D eigenvalue weighted by Gasteiger charge is -2.59. The molecule has 0 nitrogen and oxygen atoms in total. The minimum Gasteiger partial charge on any atom is -0.0955 e. The van der Waals surface area contributed by atoms with Crippen LogP contribution in [0.4, 0.5) is 0 Å². The molecule has 0 aromatic heterocycles. The van der Waals surface area contributed by atoms with Crippen LogP contribution in [-0.2, 0) is 0 Å². The zero-order valence-corrected chi connectivity index (χ0v) is 25.1. The molecule has 9 atom stereocenters. The number of allylic oxidation sites excluding steroid dienone is 2. The lowest BCUT2D eigenvalue weighted by molar-refractivity contribution is -0.0875. The second-order valence-electron chi connectivity index (χ2n) is 14.5. The van der Waals surface area contributed by atoms with E-state index < -0.39 is 0 Å². The Bertz CT molecular complexity index is 997. The number of hydrogen-bond acceptors (Lipinski definition) is 0. The van der Waals surface area contributed by atoms with Crippen molar-refractivity contribution >= 4 is 6.08 Å². The second-order valence-corrected chi connectivity index (χ2v) is 14.5. The van der Waals surface area contributed by atoms with E-state index in [9.17, 15) is 0 Å². The van der Waals surface area contributed by atoms with Gasteiger partial charge in [0.15, 0.2) is 0 Å². The molecule has 4 aliphatic rings. The summed E-state index contributed by atoms with van der Waals surface area (Å²) < 4.78 is 0. The molecular formula is C37H56. The molecule has 4 aliphatic carbocycles. The first-order valence-electron chi connectivity index (χ1n) is 16.2. The van der Waals surface area contributed by atoms with Crippen molar-refractivity contribution in [2.45, 2.75) is 119 Å². The molecule has 204 valence electrons. The summed E-state index contributed by atoms with van der Waals surface area (Å²) >= 11 is 0. The standard InChI is InChI=1S/C37H56/c1-8-21-37(27(5)9-2)23-20-31-30(24-37)15-16-33-32(31)19-22-36(7)34(17-18-35(33)36)26(4)13-14-29-12-10-11-25(3)28(29)6/h10-14,27,30-35H,4,8-9,15-24H2,1-3,5-7H3/b14-13+/t27-,30+,31-,32+,33+,34+,35-,36+,37+/m0/s1. The maximum atomic E-state index is 4.68. The Kier molecular flexibility index (Phi) is 7.88. The molecule has 0 N–H and O–H groups in total. The summed E-state index contributed by atoms with van der Waals surface area (Å²) in [4.78, 5) is 0. The van der Waals surface area contributed by atoms with Gasteiger partial charge in [-0.15, -0.1) is 0 Å². The van der Waals surface area contributed by atoms with Gasteiger partial charge in [0.25, 0.3) is 0 Å². The molecule has 4 saturated carbocycles. The molecule has 5 rings (SSSR count). The average Bonchev–Trinajstić information content (AvgIpc) is 3.26. The lowest BCUT2D eigenvalue weighted by atomic mass is 9.46. The van der Waals surface area contributed by atoms with Gasteiger partial charge < -0.3 is 0 Å². The Balaban J connectivity index is 1.29. The van der Waals surface area contributed by atoms with Gasteiger partial charge in [-0.2, -0.15) is 0 Å². The van der Waals surface area contributed by atoms with E-state index in [-0.39, 0.29) is 0 Å². The maximum Gasteiger partial charge on any atom is -0.0111 e. The quantitative estimate of drug-likeness (QED) is 0.326. The fourth-order valence-electron chi connectivity index (χ4n) is 10.7. The SMILES string of the molecule is C=C(/C=C/c1cccc(C)c1C)[C@H]1CC[C@H]2[C@@H]3CC[C@@H]4C[C@](CCC)([C@@H](C)CC)CC[C@@H]4[C@H]3CC[C@]12C. The van der Waals surface area contributed by atoms with E-state index in [0.717, 1.165) is 35.5 Å². The maximum absolute atomic E-state index is 4.68. The van der Waals surface area contributed by atoms with E-state index in [0.29, 0.717) is 16.7 Å². The van der Waals surface area contributed by atoms with Gasteiger partial charge in [-0.1, -0.05) is 83.0 Å². The summed E-state index contributed by atoms with van der Waals surface area (Å²) in [6.07, 6.45) is 22.3. The molecule has 0 spiro atoms. The number of benzene rings is 1. The molecule has 1 aromatic carbocycles. The van der Waals surface area contributed by atoms with Gasteiger partial charge in [-0.3, -0.25) is 0 Å². The third-order valence-corrected chi connectivity index (χ3v) is 13.1.